The van der Waals surface area contributed by atoms with Crippen molar-refractivity contribution in [1.29, 1.82) is 0 Å². The molecule has 0 bridgehead atoms. The second-order valence-corrected chi connectivity index (χ2v) is 5.48. The van der Waals surface area contributed by atoms with Crippen LogP contribution in [0.25, 0.3) is 0 Å². The highest BCUT2D eigenvalue weighted by molar-refractivity contribution is 4.78. The van der Waals surface area contributed by atoms with Crippen LogP contribution in [0.3, 0.4) is 0 Å². The first-order valence-electron chi connectivity index (χ1n) is 6.42. The maximum Gasteiger partial charge on any atom is 0.0644 e. The largest absolute Gasteiger partial charge is 0.381 e. The van der Waals surface area contributed by atoms with Gasteiger partial charge in [-0.15, -0.1) is 0 Å². The molecule has 16 heavy (non-hydrogen) atoms. The monoisotopic (exact) mass is 229 g/mol. The van der Waals surface area contributed by atoms with Crippen LogP contribution < -0.4 is 5.73 Å². The lowest BCUT2D eigenvalue weighted by atomic mass is 9.97. The van der Waals surface area contributed by atoms with Crippen LogP contribution in [0.1, 0.15) is 39.5 Å². The lowest BCUT2D eigenvalue weighted by Crippen LogP contribution is -2.26. The molecule has 1 aliphatic rings. The minimum atomic E-state index is -0.0665. The van der Waals surface area contributed by atoms with Gasteiger partial charge in [-0.25, -0.2) is 0 Å². The van der Waals surface area contributed by atoms with Gasteiger partial charge >= 0.3 is 0 Å². The molecule has 0 aromatic heterocycles. The number of hydrogen-bond acceptors (Lipinski definition) is 3. The molecule has 2 N–H and O–H groups in total. The molecule has 3 nitrogen and oxygen atoms in total. The van der Waals surface area contributed by atoms with Crippen LogP contribution in [0, 0.1) is 11.8 Å². The topological polar surface area (TPSA) is 44.5 Å². The molecule has 3 heteroatoms. The highest BCUT2D eigenvalue weighted by atomic mass is 16.5. The predicted octanol–water partition coefficient (Wildman–Crippen LogP) is 2.19. The smallest absolute Gasteiger partial charge is 0.0644 e. The van der Waals surface area contributed by atoms with Crippen molar-refractivity contribution in [1.82, 2.24) is 0 Å². The van der Waals surface area contributed by atoms with Crippen molar-refractivity contribution in [3.8, 4) is 0 Å². The van der Waals surface area contributed by atoms with Gasteiger partial charge in [-0.05, 0) is 51.5 Å². The van der Waals surface area contributed by atoms with Gasteiger partial charge in [0.15, 0.2) is 0 Å². The Morgan fingerprint density at radius 2 is 1.94 bits per heavy atom. The van der Waals surface area contributed by atoms with Gasteiger partial charge in [-0.3, -0.25) is 0 Å². The quantitative estimate of drug-likeness (QED) is 0.681. The SMILES string of the molecule is COC(C)(C)CCOCC1CCCC1CN. The van der Waals surface area contributed by atoms with Gasteiger partial charge in [0, 0.05) is 20.3 Å². The van der Waals surface area contributed by atoms with Gasteiger partial charge in [0.25, 0.3) is 0 Å². The van der Waals surface area contributed by atoms with Crippen LogP contribution in [0.4, 0.5) is 0 Å². The summed E-state index contributed by atoms with van der Waals surface area (Å²) in [4.78, 5) is 0. The molecular weight excluding hydrogens is 202 g/mol. The molecule has 1 rings (SSSR count). The molecule has 96 valence electrons. The highest BCUT2D eigenvalue weighted by Crippen LogP contribution is 2.31. The van der Waals surface area contributed by atoms with Crippen molar-refractivity contribution in [2.75, 3.05) is 26.9 Å². The molecule has 0 saturated heterocycles. The van der Waals surface area contributed by atoms with E-state index in [9.17, 15) is 0 Å². The molecule has 1 aliphatic carbocycles. The maximum absolute atomic E-state index is 5.75. The van der Waals surface area contributed by atoms with Crippen LogP contribution in [0.5, 0.6) is 0 Å². The van der Waals surface area contributed by atoms with E-state index >= 15 is 0 Å². The van der Waals surface area contributed by atoms with Crippen molar-refractivity contribution in [3.05, 3.63) is 0 Å². The summed E-state index contributed by atoms with van der Waals surface area (Å²) in [6.07, 6.45) is 4.84. The molecule has 1 fully saturated rings. The first-order valence-corrected chi connectivity index (χ1v) is 6.42. The Morgan fingerprint density at radius 3 is 2.56 bits per heavy atom. The second-order valence-electron chi connectivity index (χ2n) is 5.48. The molecule has 0 amide bonds. The number of rotatable bonds is 7. The van der Waals surface area contributed by atoms with Gasteiger partial charge in [-0.1, -0.05) is 6.42 Å². The summed E-state index contributed by atoms with van der Waals surface area (Å²) in [6, 6.07) is 0. The summed E-state index contributed by atoms with van der Waals surface area (Å²) < 4.78 is 11.1. The van der Waals surface area contributed by atoms with E-state index in [-0.39, 0.29) is 5.60 Å². The Hall–Kier alpha value is -0.120. The Morgan fingerprint density at radius 1 is 1.25 bits per heavy atom. The van der Waals surface area contributed by atoms with Crippen molar-refractivity contribution >= 4 is 0 Å². The third-order valence-electron chi connectivity index (χ3n) is 3.85. The van der Waals surface area contributed by atoms with E-state index in [4.69, 9.17) is 15.2 Å². The van der Waals surface area contributed by atoms with E-state index in [0.29, 0.717) is 11.8 Å². The van der Waals surface area contributed by atoms with E-state index in [2.05, 4.69) is 13.8 Å². The van der Waals surface area contributed by atoms with E-state index < -0.39 is 0 Å². The lowest BCUT2D eigenvalue weighted by Gasteiger charge is -2.23. The summed E-state index contributed by atoms with van der Waals surface area (Å²) in [5.41, 5.74) is 5.68. The summed E-state index contributed by atoms with van der Waals surface area (Å²) in [5.74, 6) is 1.38. The van der Waals surface area contributed by atoms with Gasteiger partial charge in [0.05, 0.1) is 5.60 Å². The molecule has 0 heterocycles. The number of ether oxygens (including phenoxy) is 2. The van der Waals surface area contributed by atoms with Crippen LogP contribution in [0.15, 0.2) is 0 Å². The minimum absolute atomic E-state index is 0.0665. The van der Waals surface area contributed by atoms with Crippen molar-refractivity contribution < 1.29 is 9.47 Å². The summed E-state index contributed by atoms with van der Waals surface area (Å²) in [6.45, 7) is 6.66. The van der Waals surface area contributed by atoms with Gasteiger partial charge < -0.3 is 15.2 Å². The molecule has 0 aromatic rings. The Bertz CT molecular complexity index is 194. The average molecular weight is 229 g/mol. The van der Waals surface area contributed by atoms with Gasteiger partial charge in [-0.2, -0.15) is 0 Å². The Kier molecular flexibility index (Phi) is 5.73. The fourth-order valence-electron chi connectivity index (χ4n) is 2.30. The molecule has 1 saturated carbocycles. The summed E-state index contributed by atoms with van der Waals surface area (Å²) >= 11 is 0. The summed E-state index contributed by atoms with van der Waals surface area (Å²) in [7, 11) is 1.75. The average Bonchev–Trinajstić information content (AvgIpc) is 2.72. The van der Waals surface area contributed by atoms with E-state index in [1.807, 2.05) is 0 Å². The maximum atomic E-state index is 5.75. The molecule has 0 aromatic carbocycles. The standard InChI is InChI=1S/C13H27NO2/c1-13(2,15-3)7-8-16-10-12-6-4-5-11(12)9-14/h11-12H,4-10,14H2,1-3H3. The normalized spacial score (nSPS) is 26.2. The number of nitrogens with two attached hydrogens (primary N) is 1. The fraction of sp³-hybridized carbons (Fsp3) is 1.00. The van der Waals surface area contributed by atoms with Crippen LogP contribution in [-0.4, -0.2) is 32.5 Å². The third-order valence-corrected chi connectivity index (χ3v) is 3.85. The number of hydrogen-bond donors (Lipinski definition) is 1. The van der Waals surface area contributed by atoms with E-state index in [0.717, 1.165) is 26.2 Å². The van der Waals surface area contributed by atoms with E-state index in [1.54, 1.807) is 7.11 Å². The molecular formula is C13H27NO2. The van der Waals surface area contributed by atoms with Gasteiger partial charge in [0.1, 0.15) is 0 Å². The second kappa shape index (κ2) is 6.58. The Labute approximate surface area is 99.7 Å². The zero-order valence-corrected chi connectivity index (χ0v) is 11.0. The lowest BCUT2D eigenvalue weighted by molar-refractivity contribution is -0.0159. The predicted molar refractivity (Wildman–Crippen MR) is 66.4 cm³/mol. The molecule has 2 atom stereocenters. The number of methoxy groups -OCH3 is 1. The summed E-state index contributed by atoms with van der Waals surface area (Å²) in [5, 5.41) is 0. The third kappa shape index (κ3) is 4.40. The minimum Gasteiger partial charge on any atom is -0.381 e. The first kappa shape index (κ1) is 13.9. The molecule has 0 radical (unpaired) electrons. The fourth-order valence-corrected chi connectivity index (χ4v) is 2.30. The van der Waals surface area contributed by atoms with Crippen molar-refractivity contribution in [2.24, 2.45) is 17.6 Å². The van der Waals surface area contributed by atoms with Crippen molar-refractivity contribution in [2.45, 2.75) is 45.1 Å². The zero-order chi connectivity index (χ0) is 12.0. The molecule has 0 spiro atoms. The molecule has 2 unspecified atom stereocenters. The Balaban J connectivity index is 2.11. The van der Waals surface area contributed by atoms with Crippen LogP contribution in [0.2, 0.25) is 0 Å². The zero-order valence-electron chi connectivity index (χ0n) is 11.0. The van der Waals surface area contributed by atoms with E-state index in [1.165, 1.54) is 19.3 Å². The van der Waals surface area contributed by atoms with Gasteiger partial charge in [0.2, 0.25) is 0 Å². The van der Waals surface area contributed by atoms with Crippen LogP contribution >= 0.6 is 0 Å². The highest BCUT2D eigenvalue weighted by Gasteiger charge is 2.26. The van der Waals surface area contributed by atoms with Crippen molar-refractivity contribution in [3.63, 3.8) is 0 Å². The molecule has 0 aliphatic heterocycles. The first-order chi connectivity index (χ1) is 7.59. The van der Waals surface area contributed by atoms with Crippen LogP contribution in [-0.2, 0) is 9.47 Å².